The quantitative estimate of drug-likeness (QED) is 0.712. The third-order valence-corrected chi connectivity index (χ3v) is 2.42. The van der Waals surface area contributed by atoms with Crippen molar-refractivity contribution in [3.05, 3.63) is 33.8 Å². The van der Waals surface area contributed by atoms with Gasteiger partial charge in [-0.2, -0.15) is 13.2 Å². The molecular formula is C9H7BrF3. The fraction of sp³-hybridized carbons (Fsp3) is 0.333. The Morgan fingerprint density at radius 1 is 1.38 bits per heavy atom. The maximum absolute atomic E-state index is 12.4. The molecule has 0 aromatic heterocycles. The first kappa shape index (κ1) is 10.6. The van der Waals surface area contributed by atoms with Crippen LogP contribution in [-0.4, -0.2) is 0 Å². The first-order chi connectivity index (χ1) is 5.96. The Morgan fingerprint density at radius 3 is 2.38 bits per heavy atom. The molecule has 0 nitrogen and oxygen atoms in total. The molecule has 0 saturated carbocycles. The lowest BCUT2D eigenvalue weighted by atomic mass is 10.1. The normalized spacial score (nSPS) is 11.8. The van der Waals surface area contributed by atoms with Crippen molar-refractivity contribution in [1.29, 1.82) is 0 Å². The van der Waals surface area contributed by atoms with Crippen molar-refractivity contribution in [1.82, 2.24) is 0 Å². The minimum atomic E-state index is -4.29. The maximum atomic E-state index is 12.4. The van der Waals surface area contributed by atoms with Crippen LogP contribution in [0.3, 0.4) is 0 Å². The molecule has 0 aliphatic heterocycles. The summed E-state index contributed by atoms with van der Waals surface area (Å²) >= 11 is 3.07. The van der Waals surface area contributed by atoms with Crippen LogP contribution in [-0.2, 0) is 12.6 Å². The Morgan fingerprint density at radius 2 is 2.00 bits per heavy atom. The molecule has 0 heterocycles. The summed E-state index contributed by atoms with van der Waals surface area (Å²) in [5.74, 6) is 0. The van der Waals surface area contributed by atoms with Gasteiger partial charge in [-0.25, -0.2) is 0 Å². The third-order valence-electron chi connectivity index (χ3n) is 1.71. The predicted molar refractivity (Wildman–Crippen MR) is 47.4 cm³/mol. The Bertz CT molecular complexity index is 304. The Kier molecular flexibility index (Phi) is 3.01. The minimum Gasteiger partial charge on any atom is -0.166 e. The lowest BCUT2D eigenvalue weighted by molar-refractivity contribution is -0.138. The first-order valence-corrected chi connectivity index (χ1v) is 4.51. The Balaban J connectivity index is 3.29. The number of hydrogen-bond donors (Lipinski definition) is 0. The summed E-state index contributed by atoms with van der Waals surface area (Å²) in [7, 11) is 0. The predicted octanol–water partition coefficient (Wildman–Crippen LogP) is 3.83. The molecule has 0 unspecified atom stereocenters. The molecule has 0 saturated heterocycles. The molecule has 0 fully saturated rings. The van der Waals surface area contributed by atoms with Gasteiger partial charge in [-0.15, -0.1) is 0 Å². The highest BCUT2D eigenvalue weighted by Gasteiger charge is 2.33. The largest absolute Gasteiger partial charge is 0.416 e. The van der Waals surface area contributed by atoms with Gasteiger partial charge >= 0.3 is 6.18 Å². The summed E-state index contributed by atoms with van der Waals surface area (Å²) in [5, 5.41) is 0. The van der Waals surface area contributed by atoms with Crippen molar-refractivity contribution < 1.29 is 13.2 Å². The number of rotatable bonds is 1. The maximum Gasteiger partial charge on any atom is 0.416 e. The van der Waals surface area contributed by atoms with Crippen LogP contribution in [0.1, 0.15) is 18.1 Å². The van der Waals surface area contributed by atoms with E-state index in [0.717, 1.165) is 6.07 Å². The molecule has 0 aliphatic rings. The number of alkyl halides is 3. The summed E-state index contributed by atoms with van der Waals surface area (Å²) in [6, 6.07) is 4.91. The molecule has 13 heavy (non-hydrogen) atoms. The van der Waals surface area contributed by atoms with Crippen molar-refractivity contribution >= 4 is 15.9 Å². The summed E-state index contributed by atoms with van der Waals surface area (Å²) in [6.45, 7) is 1.69. The van der Waals surface area contributed by atoms with Gasteiger partial charge in [0.05, 0.1) is 5.56 Å². The average molecular weight is 252 g/mol. The molecule has 0 aliphatic carbocycles. The van der Waals surface area contributed by atoms with Gasteiger partial charge in [0.15, 0.2) is 0 Å². The van der Waals surface area contributed by atoms with Crippen molar-refractivity contribution in [2.75, 3.05) is 0 Å². The molecule has 0 amide bonds. The number of benzene rings is 1. The highest BCUT2D eigenvalue weighted by atomic mass is 79.9. The molecule has 71 valence electrons. The highest BCUT2D eigenvalue weighted by Crippen LogP contribution is 2.34. The number of hydrogen-bond acceptors (Lipinski definition) is 0. The average Bonchev–Trinajstić information content (AvgIpc) is 2.02. The summed E-state index contributed by atoms with van der Waals surface area (Å²) in [4.78, 5) is 0. The standard InChI is InChI=1S/C9H7BrF3/c1-2-6-7(9(11,12)13)4-3-5-8(6)10/h4-5H,2H2,1H3. The summed E-state index contributed by atoms with van der Waals surface area (Å²) in [6.07, 6.45) is -3.93. The molecule has 4 heteroatoms. The zero-order valence-electron chi connectivity index (χ0n) is 6.87. The van der Waals surface area contributed by atoms with E-state index < -0.39 is 11.7 Å². The van der Waals surface area contributed by atoms with E-state index in [4.69, 9.17) is 0 Å². The van der Waals surface area contributed by atoms with Crippen molar-refractivity contribution in [2.45, 2.75) is 19.5 Å². The second-order valence-electron chi connectivity index (χ2n) is 2.55. The van der Waals surface area contributed by atoms with Crippen LogP contribution < -0.4 is 0 Å². The second-order valence-corrected chi connectivity index (χ2v) is 3.40. The molecule has 0 bridgehead atoms. The fourth-order valence-electron chi connectivity index (χ4n) is 1.11. The highest BCUT2D eigenvalue weighted by molar-refractivity contribution is 9.10. The molecule has 1 rings (SSSR count). The van der Waals surface area contributed by atoms with Crippen LogP contribution in [0.15, 0.2) is 16.6 Å². The van der Waals surface area contributed by atoms with Gasteiger partial charge in [-0.05, 0) is 30.2 Å². The molecule has 1 aromatic carbocycles. The van der Waals surface area contributed by atoms with Crippen LogP contribution in [0.4, 0.5) is 13.2 Å². The van der Waals surface area contributed by atoms with Crippen molar-refractivity contribution in [3.63, 3.8) is 0 Å². The topological polar surface area (TPSA) is 0 Å². The molecule has 1 aromatic rings. The van der Waals surface area contributed by atoms with E-state index in [1.807, 2.05) is 0 Å². The van der Waals surface area contributed by atoms with Crippen LogP contribution in [0.25, 0.3) is 0 Å². The smallest absolute Gasteiger partial charge is 0.166 e. The van der Waals surface area contributed by atoms with E-state index in [2.05, 4.69) is 22.0 Å². The van der Waals surface area contributed by atoms with Gasteiger partial charge in [0, 0.05) is 4.47 Å². The van der Waals surface area contributed by atoms with Gasteiger partial charge < -0.3 is 0 Å². The number of halogens is 4. The van der Waals surface area contributed by atoms with Gasteiger partial charge in [0.2, 0.25) is 0 Å². The fourth-order valence-corrected chi connectivity index (χ4v) is 1.74. The Hall–Kier alpha value is -0.510. The second kappa shape index (κ2) is 3.70. The van der Waals surface area contributed by atoms with E-state index >= 15 is 0 Å². The third kappa shape index (κ3) is 2.24. The van der Waals surface area contributed by atoms with E-state index in [-0.39, 0.29) is 5.56 Å². The molecule has 0 N–H and O–H groups in total. The van der Waals surface area contributed by atoms with Crippen LogP contribution >= 0.6 is 15.9 Å². The monoisotopic (exact) mass is 251 g/mol. The van der Waals surface area contributed by atoms with Gasteiger partial charge in [-0.3, -0.25) is 0 Å². The van der Waals surface area contributed by atoms with E-state index in [0.29, 0.717) is 10.9 Å². The van der Waals surface area contributed by atoms with E-state index in [9.17, 15) is 13.2 Å². The van der Waals surface area contributed by atoms with Crippen molar-refractivity contribution in [3.8, 4) is 0 Å². The zero-order valence-corrected chi connectivity index (χ0v) is 8.46. The molecule has 0 spiro atoms. The van der Waals surface area contributed by atoms with Gasteiger partial charge in [0.25, 0.3) is 0 Å². The molecule has 1 radical (unpaired) electrons. The lowest BCUT2D eigenvalue weighted by Crippen LogP contribution is -2.09. The summed E-state index contributed by atoms with van der Waals surface area (Å²) < 4.78 is 37.6. The van der Waals surface area contributed by atoms with Crippen LogP contribution in [0.5, 0.6) is 0 Å². The molecule has 0 atom stereocenters. The minimum absolute atomic E-state index is 0.284. The van der Waals surface area contributed by atoms with E-state index in [1.54, 1.807) is 6.92 Å². The Labute approximate surface area is 82.9 Å². The van der Waals surface area contributed by atoms with Crippen LogP contribution in [0.2, 0.25) is 0 Å². The summed E-state index contributed by atoms with van der Waals surface area (Å²) in [5.41, 5.74) is -0.323. The van der Waals surface area contributed by atoms with Gasteiger partial charge in [-0.1, -0.05) is 22.9 Å². The molecular weight excluding hydrogens is 245 g/mol. The van der Waals surface area contributed by atoms with Crippen molar-refractivity contribution in [2.24, 2.45) is 0 Å². The SMILES string of the molecule is CCc1c(Br)c[c]cc1C(F)(F)F. The van der Waals surface area contributed by atoms with Gasteiger partial charge in [0.1, 0.15) is 0 Å². The van der Waals surface area contributed by atoms with Crippen LogP contribution in [0, 0.1) is 6.07 Å². The van der Waals surface area contributed by atoms with E-state index in [1.165, 1.54) is 6.07 Å². The lowest BCUT2D eigenvalue weighted by Gasteiger charge is -2.12. The first-order valence-electron chi connectivity index (χ1n) is 3.72. The zero-order chi connectivity index (χ0) is 10.1.